The van der Waals surface area contributed by atoms with Gasteiger partial charge in [-0.1, -0.05) is 6.07 Å². The number of amides is 1. The van der Waals surface area contributed by atoms with Crippen molar-refractivity contribution in [3.63, 3.8) is 0 Å². The molecule has 1 aliphatic heterocycles. The van der Waals surface area contributed by atoms with Crippen LogP contribution in [-0.2, 0) is 0 Å². The molecule has 0 aliphatic carbocycles. The summed E-state index contributed by atoms with van der Waals surface area (Å²) in [6, 6.07) is 4.61. The summed E-state index contributed by atoms with van der Waals surface area (Å²) in [7, 11) is 1.45. The summed E-state index contributed by atoms with van der Waals surface area (Å²) >= 11 is 0. The van der Waals surface area contributed by atoms with E-state index < -0.39 is 5.82 Å². The summed E-state index contributed by atoms with van der Waals surface area (Å²) in [5.74, 6) is -0.516. The van der Waals surface area contributed by atoms with Gasteiger partial charge in [-0.25, -0.2) is 4.39 Å². The van der Waals surface area contributed by atoms with Gasteiger partial charge in [0.2, 0.25) is 0 Å². The van der Waals surface area contributed by atoms with E-state index in [2.05, 4.69) is 0 Å². The molecule has 1 aliphatic rings. The molecule has 1 atom stereocenters. The fourth-order valence-electron chi connectivity index (χ4n) is 2.78. The van der Waals surface area contributed by atoms with Crippen molar-refractivity contribution >= 4 is 5.91 Å². The highest BCUT2D eigenvalue weighted by molar-refractivity contribution is 5.97. The van der Waals surface area contributed by atoms with Crippen molar-refractivity contribution in [2.24, 2.45) is 5.73 Å². The molecule has 0 spiro atoms. The van der Waals surface area contributed by atoms with Crippen LogP contribution in [0.25, 0.3) is 0 Å². The Balaban J connectivity index is 2.22. The number of carbonyl (C=O) groups is 1. The van der Waals surface area contributed by atoms with Gasteiger partial charge in [0.05, 0.1) is 7.11 Å². The maximum absolute atomic E-state index is 14.0. The number of methoxy groups -OCH3 is 1. The number of likely N-dealkylation sites (tertiary alicyclic amines) is 1. The number of carbonyl (C=O) groups excluding carboxylic acids is 1. The largest absolute Gasteiger partial charge is 0.496 e. The van der Waals surface area contributed by atoms with Crippen molar-refractivity contribution in [1.82, 2.24) is 4.90 Å². The molecule has 5 heteroatoms. The lowest BCUT2D eigenvalue weighted by Crippen LogP contribution is -2.36. The van der Waals surface area contributed by atoms with Crippen molar-refractivity contribution in [3.05, 3.63) is 29.6 Å². The van der Waals surface area contributed by atoms with Crippen LogP contribution in [0.5, 0.6) is 5.75 Å². The van der Waals surface area contributed by atoms with Gasteiger partial charge in [-0.2, -0.15) is 0 Å². The first-order valence-electron chi connectivity index (χ1n) is 7.02. The number of ether oxygens (including phenoxy) is 1. The van der Waals surface area contributed by atoms with E-state index in [0.717, 1.165) is 25.7 Å². The van der Waals surface area contributed by atoms with E-state index in [1.165, 1.54) is 13.2 Å². The third-order valence-electron chi connectivity index (χ3n) is 3.79. The zero-order valence-electron chi connectivity index (χ0n) is 11.8. The molecule has 1 heterocycles. The zero-order valence-corrected chi connectivity index (χ0v) is 11.8. The van der Waals surface area contributed by atoms with Crippen molar-refractivity contribution < 1.29 is 13.9 Å². The summed E-state index contributed by atoms with van der Waals surface area (Å²) in [4.78, 5) is 14.4. The lowest BCUT2D eigenvalue weighted by atomic mass is 10.1. The molecule has 1 saturated heterocycles. The van der Waals surface area contributed by atoms with Gasteiger partial charge in [-0.3, -0.25) is 4.79 Å². The quantitative estimate of drug-likeness (QED) is 0.899. The van der Waals surface area contributed by atoms with E-state index in [1.807, 2.05) is 0 Å². The minimum absolute atomic E-state index is 0.0367. The van der Waals surface area contributed by atoms with E-state index in [9.17, 15) is 9.18 Å². The first-order chi connectivity index (χ1) is 9.69. The Kier molecular flexibility index (Phi) is 4.95. The summed E-state index contributed by atoms with van der Waals surface area (Å²) in [6.07, 6.45) is 3.67. The molecule has 1 aromatic carbocycles. The Hall–Kier alpha value is -1.62. The van der Waals surface area contributed by atoms with E-state index in [0.29, 0.717) is 18.8 Å². The smallest absolute Gasteiger partial charge is 0.260 e. The number of benzene rings is 1. The van der Waals surface area contributed by atoms with Gasteiger partial charge < -0.3 is 15.4 Å². The predicted molar refractivity (Wildman–Crippen MR) is 75.3 cm³/mol. The van der Waals surface area contributed by atoms with Crippen molar-refractivity contribution in [3.8, 4) is 5.75 Å². The second kappa shape index (κ2) is 6.70. The van der Waals surface area contributed by atoms with Gasteiger partial charge in [0, 0.05) is 12.6 Å². The number of nitrogens with two attached hydrogens (primary N) is 1. The Labute approximate surface area is 118 Å². The zero-order chi connectivity index (χ0) is 14.5. The average Bonchev–Trinajstić information content (AvgIpc) is 2.92. The molecule has 0 bridgehead atoms. The number of hydrogen-bond donors (Lipinski definition) is 1. The molecular formula is C15H21FN2O2. The molecule has 4 nitrogen and oxygen atoms in total. The molecule has 110 valence electrons. The molecule has 2 rings (SSSR count). The maximum Gasteiger partial charge on any atom is 0.260 e. The second-order valence-corrected chi connectivity index (χ2v) is 5.04. The fourth-order valence-corrected chi connectivity index (χ4v) is 2.78. The maximum atomic E-state index is 14.0. The first-order valence-corrected chi connectivity index (χ1v) is 7.02. The first kappa shape index (κ1) is 14.8. The highest BCUT2D eigenvalue weighted by atomic mass is 19.1. The lowest BCUT2D eigenvalue weighted by Gasteiger charge is -2.25. The molecule has 2 N–H and O–H groups in total. The standard InChI is InChI=1S/C15H21FN2O2/c1-20-13-8-2-7-12(16)14(13)15(19)18-10-4-6-11(18)5-3-9-17/h2,7-8,11H,3-6,9-10,17H2,1H3. The second-order valence-electron chi connectivity index (χ2n) is 5.04. The van der Waals surface area contributed by atoms with Crippen LogP contribution in [0.3, 0.4) is 0 Å². The van der Waals surface area contributed by atoms with Gasteiger partial charge in [0.25, 0.3) is 5.91 Å². The van der Waals surface area contributed by atoms with E-state index in [-0.39, 0.29) is 17.5 Å². The highest BCUT2D eigenvalue weighted by Crippen LogP contribution is 2.28. The Morgan fingerprint density at radius 3 is 3.05 bits per heavy atom. The molecule has 1 aromatic rings. The molecule has 1 fully saturated rings. The molecule has 1 amide bonds. The number of rotatable bonds is 5. The summed E-state index contributed by atoms with van der Waals surface area (Å²) < 4.78 is 19.1. The van der Waals surface area contributed by atoms with E-state index in [1.54, 1.807) is 17.0 Å². The van der Waals surface area contributed by atoms with Crippen LogP contribution < -0.4 is 10.5 Å². The monoisotopic (exact) mass is 280 g/mol. The van der Waals surface area contributed by atoms with Crippen molar-refractivity contribution in [2.45, 2.75) is 31.7 Å². The Morgan fingerprint density at radius 1 is 1.55 bits per heavy atom. The summed E-state index contributed by atoms with van der Waals surface area (Å²) in [6.45, 7) is 1.28. The number of hydrogen-bond acceptors (Lipinski definition) is 3. The highest BCUT2D eigenvalue weighted by Gasteiger charge is 2.31. The molecular weight excluding hydrogens is 259 g/mol. The Morgan fingerprint density at radius 2 is 2.35 bits per heavy atom. The van der Waals surface area contributed by atoms with Gasteiger partial charge in [-0.05, 0) is 44.4 Å². The van der Waals surface area contributed by atoms with E-state index >= 15 is 0 Å². The normalized spacial score (nSPS) is 18.4. The van der Waals surface area contributed by atoms with Gasteiger partial charge in [0.15, 0.2) is 0 Å². The lowest BCUT2D eigenvalue weighted by molar-refractivity contribution is 0.0721. The predicted octanol–water partition coefficient (Wildman–Crippen LogP) is 2.18. The van der Waals surface area contributed by atoms with Crippen LogP contribution in [0.4, 0.5) is 4.39 Å². The molecule has 0 radical (unpaired) electrons. The summed E-state index contributed by atoms with van der Waals surface area (Å²) in [5.41, 5.74) is 5.56. The van der Waals surface area contributed by atoms with Crippen LogP contribution >= 0.6 is 0 Å². The van der Waals surface area contributed by atoms with Crippen LogP contribution in [-0.4, -0.2) is 37.0 Å². The van der Waals surface area contributed by atoms with Crippen LogP contribution in [0.1, 0.15) is 36.0 Å². The summed E-state index contributed by atoms with van der Waals surface area (Å²) in [5, 5.41) is 0. The topological polar surface area (TPSA) is 55.6 Å². The molecule has 1 unspecified atom stereocenters. The van der Waals surface area contributed by atoms with Gasteiger partial charge >= 0.3 is 0 Å². The van der Waals surface area contributed by atoms with Crippen molar-refractivity contribution in [1.29, 1.82) is 0 Å². The van der Waals surface area contributed by atoms with Crippen molar-refractivity contribution in [2.75, 3.05) is 20.2 Å². The SMILES string of the molecule is COc1cccc(F)c1C(=O)N1CCCC1CCCN. The molecule has 0 saturated carbocycles. The third-order valence-corrected chi connectivity index (χ3v) is 3.79. The van der Waals surface area contributed by atoms with Crippen LogP contribution in [0, 0.1) is 5.82 Å². The van der Waals surface area contributed by atoms with Gasteiger partial charge in [-0.15, -0.1) is 0 Å². The number of nitrogens with zero attached hydrogens (tertiary/aromatic N) is 1. The number of halogens is 1. The average molecular weight is 280 g/mol. The van der Waals surface area contributed by atoms with Crippen LogP contribution in [0.2, 0.25) is 0 Å². The Bertz CT molecular complexity index is 479. The minimum Gasteiger partial charge on any atom is -0.496 e. The minimum atomic E-state index is -0.529. The van der Waals surface area contributed by atoms with E-state index in [4.69, 9.17) is 10.5 Å². The fraction of sp³-hybridized carbons (Fsp3) is 0.533. The molecule has 0 aromatic heterocycles. The third kappa shape index (κ3) is 2.93. The molecule has 20 heavy (non-hydrogen) atoms. The van der Waals surface area contributed by atoms with Gasteiger partial charge in [0.1, 0.15) is 17.1 Å². The van der Waals surface area contributed by atoms with Crippen LogP contribution in [0.15, 0.2) is 18.2 Å².